The molecule has 0 fully saturated rings. The van der Waals surface area contributed by atoms with Gasteiger partial charge in [-0.25, -0.2) is 0 Å². The third-order valence-corrected chi connectivity index (χ3v) is 3.86. The topological polar surface area (TPSA) is 0 Å². The first-order valence-corrected chi connectivity index (χ1v) is 4.18. The molecule has 0 rings (SSSR count). The van der Waals surface area contributed by atoms with Gasteiger partial charge in [-0.3, -0.25) is 0 Å². The van der Waals surface area contributed by atoms with Gasteiger partial charge in [0.2, 0.25) is 0 Å². The zero-order valence-electron chi connectivity index (χ0n) is 2.51. The van der Waals surface area contributed by atoms with Gasteiger partial charge in [-0.05, 0) is 63.7 Å². The number of rotatable bonds is 0. The Morgan fingerprint density at radius 2 is 0.833 bits per heavy atom. The fourth-order valence-electron chi connectivity index (χ4n) is 0. The lowest BCUT2D eigenvalue weighted by atomic mass is 11.3. The van der Waals surface area contributed by atoms with Gasteiger partial charge in [0.15, 0.2) is 0 Å². The van der Waals surface area contributed by atoms with Gasteiger partial charge in [0.1, 0.15) is 0 Å². The molecule has 0 N–H and O–H groups in total. The normalized spacial score (nSPS) is 8.00. The first kappa shape index (κ1) is 7.66. The minimum absolute atomic E-state index is 0.884. The fraction of sp³-hybridized carbons (Fsp3) is 0. The van der Waals surface area contributed by atoms with Gasteiger partial charge >= 0.3 is 0 Å². The highest BCUT2D eigenvalue weighted by atomic mass is 79.9. The van der Waals surface area contributed by atoms with E-state index in [0.717, 1.165) is 6.78 Å². The molecule has 0 atom stereocenters. The van der Waals surface area contributed by atoms with Gasteiger partial charge < -0.3 is 0 Å². The van der Waals surface area contributed by atoms with E-state index >= 15 is 0 Å². The maximum absolute atomic E-state index is 3.14. The average Bonchev–Trinajstić information content (AvgIpc) is 1.36. The van der Waals surface area contributed by atoms with Crippen molar-refractivity contribution in [2.45, 2.75) is 0 Å². The second kappa shape index (κ2) is 3.64. The minimum Gasteiger partial charge on any atom is -0.0408 e. The second-order valence-corrected chi connectivity index (χ2v) is 5.82. The molecule has 0 amide bonds. The fourth-order valence-corrected chi connectivity index (χ4v) is 0. The van der Waals surface area contributed by atoms with E-state index in [1.165, 1.54) is 0 Å². The lowest BCUT2D eigenvalue weighted by Crippen LogP contribution is -1.43. The molecule has 0 aromatic heterocycles. The highest BCUT2D eigenvalue weighted by molar-refractivity contribution is 9.32. The minimum atomic E-state index is 0.884. The summed E-state index contributed by atoms with van der Waals surface area (Å²) in [5.74, 6) is 0. The largest absolute Gasteiger partial charge is 0.0816 e. The van der Waals surface area contributed by atoms with E-state index < -0.39 is 0 Å². The molecule has 0 aliphatic heterocycles. The molecule has 0 aromatic rings. The predicted molar refractivity (Wildman–Crippen MR) is 42.7 cm³/mol. The van der Waals surface area contributed by atoms with Crippen LogP contribution in [0.2, 0.25) is 0 Å². The monoisotopic (exact) mass is 340 g/mol. The summed E-state index contributed by atoms with van der Waals surface area (Å²) < 4.78 is 1.77. The van der Waals surface area contributed by atoms with Crippen LogP contribution < -0.4 is 0 Å². The van der Waals surface area contributed by atoms with Gasteiger partial charge in [-0.15, -0.1) is 0 Å². The molecule has 6 heavy (non-hydrogen) atoms. The smallest absolute Gasteiger partial charge is 0.0408 e. The lowest BCUT2D eigenvalue weighted by molar-refractivity contribution is 2.50. The highest BCUT2D eigenvalue weighted by Crippen LogP contribution is 2.27. The summed E-state index contributed by atoms with van der Waals surface area (Å²) in [7, 11) is 0. The van der Waals surface area contributed by atoms with E-state index in [4.69, 9.17) is 0 Å². The maximum atomic E-state index is 3.14. The van der Waals surface area contributed by atoms with E-state index in [0.29, 0.717) is 0 Å². The van der Waals surface area contributed by atoms with Crippen LogP contribution in [0.1, 0.15) is 0 Å². The van der Waals surface area contributed by atoms with Crippen molar-refractivity contribution in [3.05, 3.63) is 6.78 Å². The van der Waals surface area contributed by atoms with E-state index in [-0.39, 0.29) is 0 Å². The molecular weight excluding hydrogens is 344 g/mol. The third kappa shape index (κ3) is 3.84. The van der Waals surface area contributed by atoms with Crippen LogP contribution >= 0.6 is 63.7 Å². The summed E-state index contributed by atoms with van der Waals surface area (Å²) >= 11 is 12.6. The summed E-state index contributed by atoms with van der Waals surface area (Å²) in [5.41, 5.74) is 0. The number of hydrogen-bond acceptors (Lipinski definition) is 0. The molecule has 0 saturated heterocycles. The van der Waals surface area contributed by atoms with Crippen molar-refractivity contribution in [2.75, 3.05) is 0 Å². The van der Waals surface area contributed by atoms with Crippen LogP contribution in [0.3, 0.4) is 0 Å². The summed E-state index contributed by atoms with van der Waals surface area (Å²) in [4.78, 5) is 0. The zero-order chi connectivity index (χ0) is 5.15. The van der Waals surface area contributed by atoms with E-state index in [2.05, 4.69) is 63.7 Å². The quantitative estimate of drug-likeness (QED) is 0.629. The molecule has 0 aromatic carbocycles. The third-order valence-electron chi connectivity index (χ3n) is 0.143. The molecule has 0 heterocycles. The zero-order valence-corrected chi connectivity index (χ0v) is 8.86. The summed E-state index contributed by atoms with van der Waals surface area (Å²) in [6.07, 6.45) is 0. The van der Waals surface area contributed by atoms with Crippen LogP contribution in [0.4, 0.5) is 0 Å². The van der Waals surface area contributed by atoms with E-state index in [9.17, 15) is 0 Å². The van der Waals surface area contributed by atoms with Crippen LogP contribution in [0, 0.1) is 0 Å². The Hall–Kier alpha value is 1.66. The van der Waals surface area contributed by atoms with Crippen molar-refractivity contribution >= 4 is 63.7 Å². The van der Waals surface area contributed by atoms with Crippen LogP contribution in [0.15, 0.2) is 6.78 Å². The van der Waals surface area contributed by atoms with E-state index in [1.54, 1.807) is 0 Å². The molecule has 0 unspecified atom stereocenters. The van der Waals surface area contributed by atoms with Crippen molar-refractivity contribution in [1.82, 2.24) is 0 Å². The summed E-state index contributed by atoms with van der Waals surface area (Å²) in [6, 6.07) is 0. The first-order valence-electron chi connectivity index (χ1n) is 1.01. The van der Waals surface area contributed by atoms with Gasteiger partial charge in [-0.1, -0.05) is 0 Å². The number of hydrogen-bond donors (Lipinski definition) is 0. The van der Waals surface area contributed by atoms with Gasteiger partial charge in [-0.2, -0.15) is 0 Å². The van der Waals surface area contributed by atoms with Crippen molar-refractivity contribution in [1.29, 1.82) is 0 Å². The van der Waals surface area contributed by atoms with Crippen molar-refractivity contribution < 1.29 is 0 Å². The van der Waals surface area contributed by atoms with Crippen LogP contribution in [-0.2, 0) is 0 Å². The molecule has 0 bridgehead atoms. The molecule has 0 aliphatic carbocycles. The molecule has 36 valence electrons. The molecule has 0 aliphatic rings. The van der Waals surface area contributed by atoms with Gasteiger partial charge in [0, 0.05) is 0 Å². The SMILES string of the molecule is BrC(Br)=C(Br)Br. The van der Waals surface area contributed by atoms with Crippen molar-refractivity contribution in [3.8, 4) is 0 Å². The molecule has 0 nitrogen and oxygen atoms in total. The van der Waals surface area contributed by atoms with E-state index in [1.807, 2.05) is 0 Å². The molecule has 4 heteroatoms. The highest BCUT2D eigenvalue weighted by Gasteiger charge is 1.85. The number of halogens is 4. The van der Waals surface area contributed by atoms with Crippen LogP contribution in [-0.4, -0.2) is 0 Å². The Labute approximate surface area is 69.9 Å². The molecule has 0 saturated carbocycles. The Morgan fingerprint density at radius 3 is 0.833 bits per heavy atom. The van der Waals surface area contributed by atoms with Gasteiger partial charge in [0.05, 0.1) is 6.78 Å². The predicted octanol–water partition coefficient (Wildman–Crippen LogP) is 3.69. The van der Waals surface area contributed by atoms with Crippen LogP contribution in [0.25, 0.3) is 0 Å². The lowest BCUT2D eigenvalue weighted by Gasteiger charge is -1.78. The van der Waals surface area contributed by atoms with Crippen molar-refractivity contribution in [2.24, 2.45) is 0 Å². The first-order chi connectivity index (χ1) is 2.64. The van der Waals surface area contributed by atoms with Crippen LogP contribution in [0.5, 0.6) is 0 Å². The second-order valence-electron chi connectivity index (χ2n) is 0.521. The Balaban J connectivity index is 3.68. The summed E-state index contributed by atoms with van der Waals surface area (Å²) in [6.45, 7) is 0. The molecular formula is C2Br4. The Bertz CT molecular complexity index is 55.6. The van der Waals surface area contributed by atoms with Crippen molar-refractivity contribution in [3.63, 3.8) is 0 Å². The molecule has 0 spiro atoms. The standard InChI is InChI=1S/C2Br4/c3-1(4)2(5)6. The summed E-state index contributed by atoms with van der Waals surface area (Å²) in [5, 5.41) is 0. The van der Waals surface area contributed by atoms with Gasteiger partial charge in [0.25, 0.3) is 0 Å². The molecule has 0 radical (unpaired) electrons. The Kier molecular flexibility index (Phi) is 4.64. The average molecular weight is 344 g/mol. The Morgan fingerprint density at radius 1 is 0.667 bits per heavy atom. The maximum Gasteiger partial charge on any atom is 0.0816 e.